The van der Waals surface area contributed by atoms with Crippen molar-refractivity contribution in [1.29, 1.82) is 0 Å². The molecule has 172 valence electrons. The van der Waals surface area contributed by atoms with Crippen molar-refractivity contribution >= 4 is 55.8 Å². The van der Waals surface area contributed by atoms with E-state index in [4.69, 9.17) is 0 Å². The van der Waals surface area contributed by atoms with Gasteiger partial charge in [-0.3, -0.25) is 9.36 Å². The van der Waals surface area contributed by atoms with Crippen LogP contribution in [-0.4, -0.2) is 16.0 Å². The van der Waals surface area contributed by atoms with Gasteiger partial charge in [-0.15, -0.1) is 11.3 Å². The molecule has 0 unspecified atom stereocenters. The van der Waals surface area contributed by atoms with E-state index < -0.39 is 0 Å². The Morgan fingerprint density at radius 2 is 1.82 bits per heavy atom. The van der Waals surface area contributed by atoms with Crippen molar-refractivity contribution in [1.82, 2.24) is 9.47 Å². The molecule has 0 fully saturated rings. The lowest BCUT2D eigenvalue weighted by atomic mass is 10.1. The van der Waals surface area contributed by atoms with Crippen LogP contribution < -0.4 is 19.3 Å². The van der Waals surface area contributed by atoms with Gasteiger partial charge in [-0.1, -0.05) is 41.7 Å². The zero-order valence-corrected chi connectivity index (χ0v) is 21.3. The molecule has 2 aromatic heterocycles. The lowest BCUT2D eigenvalue weighted by Gasteiger charge is -2.21. The van der Waals surface area contributed by atoms with Crippen molar-refractivity contribution in [2.75, 3.05) is 6.54 Å². The van der Waals surface area contributed by atoms with E-state index >= 15 is 0 Å². The van der Waals surface area contributed by atoms with Gasteiger partial charge in [0.25, 0.3) is 10.6 Å². The van der Waals surface area contributed by atoms with Crippen molar-refractivity contribution in [3.8, 4) is 0 Å². The molecule has 1 aliphatic rings. The molecule has 0 saturated heterocycles. The maximum atomic E-state index is 13.2. The van der Waals surface area contributed by atoms with Crippen molar-refractivity contribution in [3.05, 3.63) is 97.2 Å². The van der Waals surface area contributed by atoms with Crippen LogP contribution in [0, 0.1) is 0 Å². The van der Waals surface area contributed by atoms with E-state index in [-0.39, 0.29) is 5.56 Å². The number of rotatable bonds is 5. The molecule has 0 saturated carbocycles. The lowest BCUT2D eigenvalue weighted by Crippen LogP contribution is -2.35. The normalized spacial score (nSPS) is 16.1. The zero-order valence-electron chi connectivity index (χ0n) is 19.7. The SMILES string of the molecule is CCN1C=CC=C/C1=C\C=c1\s/c(=C\c2sc3ccc4ccccc4c3[n+]2CC)n(CC)c1=O. The summed E-state index contributed by atoms with van der Waals surface area (Å²) in [7, 11) is 0. The number of hydrogen-bond donors (Lipinski definition) is 0. The summed E-state index contributed by atoms with van der Waals surface area (Å²) >= 11 is 3.35. The van der Waals surface area contributed by atoms with Gasteiger partial charge in [0.15, 0.2) is 0 Å². The number of fused-ring (bicyclic) bond motifs is 3. The quantitative estimate of drug-likeness (QED) is 0.389. The van der Waals surface area contributed by atoms with Crippen LogP contribution in [0.15, 0.2) is 77.4 Å². The van der Waals surface area contributed by atoms with E-state index in [0.29, 0.717) is 6.54 Å². The van der Waals surface area contributed by atoms with Crippen LogP contribution >= 0.6 is 22.7 Å². The van der Waals surface area contributed by atoms with Crippen molar-refractivity contribution in [3.63, 3.8) is 0 Å². The first-order chi connectivity index (χ1) is 16.6. The molecule has 0 amide bonds. The molecule has 0 radical (unpaired) electrons. The fourth-order valence-corrected chi connectivity index (χ4v) is 6.75. The average Bonchev–Trinajstić information content (AvgIpc) is 3.38. The zero-order chi connectivity index (χ0) is 23.7. The molecule has 6 heteroatoms. The molecule has 1 aliphatic heterocycles. The van der Waals surface area contributed by atoms with Crippen LogP contribution in [0.1, 0.15) is 25.8 Å². The summed E-state index contributed by atoms with van der Waals surface area (Å²) in [5.74, 6) is 0. The Morgan fingerprint density at radius 1 is 0.971 bits per heavy atom. The molecule has 4 aromatic rings. The predicted octanol–water partition coefficient (Wildman–Crippen LogP) is 4.50. The van der Waals surface area contributed by atoms with Gasteiger partial charge in [0.2, 0.25) is 5.52 Å². The van der Waals surface area contributed by atoms with Crippen LogP contribution in [0.3, 0.4) is 0 Å². The van der Waals surface area contributed by atoms with Crippen molar-refractivity contribution in [2.45, 2.75) is 33.9 Å². The Bertz CT molecular complexity index is 1650. The number of hydrogen-bond acceptors (Lipinski definition) is 4. The fourth-order valence-electron chi connectivity index (χ4n) is 4.45. The minimum absolute atomic E-state index is 0.0728. The van der Waals surface area contributed by atoms with E-state index in [0.717, 1.165) is 28.0 Å². The lowest BCUT2D eigenvalue weighted by molar-refractivity contribution is -0.664. The highest BCUT2D eigenvalue weighted by Gasteiger charge is 2.20. The molecule has 2 aromatic carbocycles. The first-order valence-corrected chi connectivity index (χ1v) is 13.4. The number of aromatic nitrogens is 2. The van der Waals surface area contributed by atoms with Gasteiger partial charge >= 0.3 is 0 Å². The third-order valence-electron chi connectivity index (χ3n) is 6.15. The predicted molar refractivity (Wildman–Crippen MR) is 145 cm³/mol. The van der Waals surface area contributed by atoms with Crippen molar-refractivity contribution < 1.29 is 4.57 Å². The summed E-state index contributed by atoms with van der Waals surface area (Å²) in [6.45, 7) is 8.75. The highest BCUT2D eigenvalue weighted by molar-refractivity contribution is 7.19. The largest absolute Gasteiger partial charge is 0.348 e. The Hall–Kier alpha value is -3.22. The maximum absolute atomic E-state index is 13.2. The molecule has 34 heavy (non-hydrogen) atoms. The minimum Gasteiger partial charge on any atom is -0.348 e. The number of benzene rings is 2. The van der Waals surface area contributed by atoms with Crippen molar-refractivity contribution in [2.24, 2.45) is 0 Å². The molecule has 0 spiro atoms. The average molecular weight is 487 g/mol. The van der Waals surface area contributed by atoms with Crippen LogP contribution in [0.25, 0.3) is 33.1 Å². The first kappa shape index (κ1) is 22.6. The van der Waals surface area contributed by atoms with E-state index in [1.54, 1.807) is 22.7 Å². The van der Waals surface area contributed by atoms with Crippen LogP contribution in [-0.2, 0) is 13.1 Å². The van der Waals surface area contributed by atoms with Gasteiger partial charge in [0.05, 0.1) is 16.0 Å². The third kappa shape index (κ3) is 3.97. The Morgan fingerprint density at radius 3 is 2.62 bits per heavy atom. The van der Waals surface area contributed by atoms with E-state index in [9.17, 15) is 4.79 Å². The third-order valence-corrected chi connectivity index (χ3v) is 8.33. The topological polar surface area (TPSA) is 29.1 Å². The van der Waals surface area contributed by atoms with E-state index in [2.05, 4.69) is 78.1 Å². The van der Waals surface area contributed by atoms with Gasteiger partial charge in [-0.25, -0.2) is 0 Å². The maximum Gasteiger partial charge on any atom is 0.269 e. The summed E-state index contributed by atoms with van der Waals surface area (Å²) in [5, 5.41) is 3.69. The second kappa shape index (κ2) is 9.57. The fraction of sp³-hybridized carbons (Fsp3) is 0.214. The van der Waals surface area contributed by atoms with Gasteiger partial charge in [0.1, 0.15) is 15.9 Å². The van der Waals surface area contributed by atoms with Crippen LogP contribution in [0.4, 0.5) is 0 Å². The second-order valence-corrected chi connectivity index (χ2v) is 10.2. The van der Waals surface area contributed by atoms with Crippen LogP contribution in [0.5, 0.6) is 0 Å². The molecule has 0 bridgehead atoms. The molecule has 5 rings (SSSR count). The number of thiazole rings is 2. The van der Waals surface area contributed by atoms with Crippen LogP contribution in [0.2, 0.25) is 0 Å². The van der Waals surface area contributed by atoms with Gasteiger partial charge < -0.3 is 4.90 Å². The highest BCUT2D eigenvalue weighted by atomic mass is 32.1. The molecule has 3 heterocycles. The minimum atomic E-state index is 0.0728. The molecule has 0 N–H and O–H groups in total. The second-order valence-electron chi connectivity index (χ2n) is 8.06. The number of nitrogens with zero attached hydrogens (tertiary/aromatic N) is 3. The van der Waals surface area contributed by atoms with Gasteiger partial charge in [-0.05, 0) is 62.6 Å². The molecule has 0 aliphatic carbocycles. The summed E-state index contributed by atoms with van der Waals surface area (Å²) in [4.78, 5) is 15.3. The highest BCUT2D eigenvalue weighted by Crippen LogP contribution is 2.28. The summed E-state index contributed by atoms with van der Waals surface area (Å²) in [6, 6.07) is 13.0. The summed E-state index contributed by atoms with van der Waals surface area (Å²) < 4.78 is 7.26. The molecule has 4 nitrogen and oxygen atoms in total. The molecular formula is C28H28N3OS2+. The van der Waals surface area contributed by atoms with E-state index in [1.165, 1.54) is 26.0 Å². The Kier molecular flexibility index (Phi) is 6.35. The number of likely N-dealkylation sites (N-methyl/N-ethyl adjacent to an activating group) is 1. The van der Waals surface area contributed by atoms with Gasteiger partial charge in [0, 0.05) is 25.0 Å². The standard InChI is InChI=1S/C28H28N3OS2/c1-4-29-18-10-9-12-21(29)15-17-24-28(32)31(6-3)26(34-24)19-25-30(5-2)27-22-13-8-7-11-20(22)14-16-23(27)33-25/h7-19H,4-6H2,1-3H3/q+1/b21-15+,24-17+. The molecule has 0 atom stereocenters. The molecular weight excluding hydrogens is 458 g/mol. The smallest absolute Gasteiger partial charge is 0.269 e. The number of aryl methyl sites for hydroxylation is 1. The van der Waals surface area contributed by atoms with Gasteiger partial charge in [-0.2, -0.15) is 4.57 Å². The monoisotopic (exact) mass is 486 g/mol. The summed E-state index contributed by atoms with van der Waals surface area (Å²) in [6.07, 6.45) is 14.4. The van der Waals surface area contributed by atoms with E-state index in [1.807, 2.05) is 35.8 Å². The summed E-state index contributed by atoms with van der Waals surface area (Å²) in [5.41, 5.74) is 2.43. The number of allylic oxidation sites excluding steroid dienone is 4. The Balaban J connectivity index is 1.68. The first-order valence-electron chi connectivity index (χ1n) is 11.7. The Labute approximate surface area is 207 Å².